The summed E-state index contributed by atoms with van der Waals surface area (Å²) in [5.74, 6) is -0.473. The molecule has 8 heteroatoms. The molecule has 27 heavy (non-hydrogen) atoms. The van der Waals surface area contributed by atoms with Crippen LogP contribution in [-0.4, -0.2) is 57.8 Å². The van der Waals surface area contributed by atoms with Gasteiger partial charge in [-0.1, -0.05) is 11.6 Å². The number of nitrogens with zero attached hydrogens (tertiary/aromatic N) is 4. The Labute approximate surface area is 161 Å². The summed E-state index contributed by atoms with van der Waals surface area (Å²) in [6, 6.07) is 4.68. The number of fused-ring (bicyclic) bond motifs is 5. The SMILES string of the molecule is O=C(N1CCN2CCC1CC2)n1nc(-c2ccc(F)c(Cl)c2)c2c1COC2. The molecule has 2 bridgehead atoms. The number of piperidine rings is 1. The van der Waals surface area contributed by atoms with E-state index in [-0.39, 0.29) is 17.1 Å². The molecule has 0 spiro atoms. The fourth-order valence-corrected chi connectivity index (χ4v) is 4.51. The number of carbonyl (C=O) groups excluding carboxylic acids is 1. The summed E-state index contributed by atoms with van der Waals surface area (Å²) < 4.78 is 20.6. The van der Waals surface area contributed by atoms with Crippen LogP contribution in [-0.2, 0) is 18.0 Å². The minimum absolute atomic E-state index is 0.0413. The maximum Gasteiger partial charge on any atom is 0.345 e. The number of hydrogen-bond donors (Lipinski definition) is 0. The van der Waals surface area contributed by atoms with Crippen molar-refractivity contribution in [1.82, 2.24) is 19.6 Å². The van der Waals surface area contributed by atoms with E-state index in [0.29, 0.717) is 24.5 Å². The van der Waals surface area contributed by atoms with Gasteiger partial charge in [-0.05, 0) is 31.0 Å². The van der Waals surface area contributed by atoms with Gasteiger partial charge in [0, 0.05) is 43.3 Å². The van der Waals surface area contributed by atoms with Gasteiger partial charge in [-0.2, -0.15) is 9.78 Å². The molecule has 3 fully saturated rings. The molecule has 0 N–H and O–H groups in total. The Balaban J connectivity index is 1.53. The number of hydrogen-bond acceptors (Lipinski definition) is 4. The molecule has 1 aromatic heterocycles. The Hall–Kier alpha value is -1.96. The van der Waals surface area contributed by atoms with E-state index in [1.165, 1.54) is 10.7 Å². The first kappa shape index (κ1) is 17.2. The largest absolute Gasteiger partial charge is 0.370 e. The van der Waals surface area contributed by atoms with Crippen molar-refractivity contribution in [2.45, 2.75) is 32.1 Å². The molecule has 1 amide bonds. The Morgan fingerprint density at radius 3 is 2.78 bits per heavy atom. The van der Waals surface area contributed by atoms with Crippen LogP contribution in [0, 0.1) is 5.82 Å². The van der Waals surface area contributed by atoms with Crippen molar-refractivity contribution in [3.63, 3.8) is 0 Å². The number of halogens is 2. The number of ether oxygens (including phenoxy) is 1. The molecule has 3 saturated heterocycles. The molecule has 6 rings (SSSR count). The van der Waals surface area contributed by atoms with Crippen LogP contribution in [0.3, 0.4) is 0 Å². The highest BCUT2D eigenvalue weighted by Gasteiger charge is 2.35. The smallest absolute Gasteiger partial charge is 0.345 e. The lowest BCUT2D eigenvalue weighted by Crippen LogP contribution is -2.44. The Morgan fingerprint density at radius 2 is 2.00 bits per heavy atom. The van der Waals surface area contributed by atoms with Crippen LogP contribution in [0.5, 0.6) is 0 Å². The third-order valence-corrected chi connectivity index (χ3v) is 6.14. The summed E-state index contributed by atoms with van der Waals surface area (Å²) in [6.07, 6.45) is 2.01. The molecule has 0 radical (unpaired) electrons. The van der Waals surface area contributed by atoms with Gasteiger partial charge >= 0.3 is 6.03 Å². The summed E-state index contributed by atoms with van der Waals surface area (Å²) in [6.45, 7) is 4.47. The molecule has 4 aliphatic heterocycles. The average Bonchev–Trinajstić information content (AvgIpc) is 3.15. The standard InChI is InChI=1S/C19H20ClFN4O2/c20-15-9-12(1-2-16(15)21)18-14-10-27-11-17(14)25(22-18)19(26)24-8-7-23-5-3-13(24)4-6-23/h1-2,9,13H,3-8,10-11H2. The molecule has 4 aliphatic rings. The Bertz CT molecular complexity index is 907. The van der Waals surface area contributed by atoms with E-state index < -0.39 is 5.82 Å². The number of rotatable bonds is 1. The highest BCUT2D eigenvalue weighted by Crippen LogP contribution is 2.33. The number of amides is 1. The topological polar surface area (TPSA) is 50.6 Å². The van der Waals surface area contributed by atoms with Gasteiger partial charge in [0.2, 0.25) is 0 Å². The van der Waals surface area contributed by atoms with Crippen molar-refractivity contribution in [2.24, 2.45) is 0 Å². The van der Waals surface area contributed by atoms with Gasteiger partial charge in [-0.3, -0.25) is 0 Å². The van der Waals surface area contributed by atoms with Crippen molar-refractivity contribution >= 4 is 17.6 Å². The van der Waals surface area contributed by atoms with Crippen LogP contribution in [0.15, 0.2) is 18.2 Å². The van der Waals surface area contributed by atoms with E-state index in [1.54, 1.807) is 12.1 Å². The maximum absolute atomic E-state index is 13.5. The molecule has 0 atom stereocenters. The first-order valence-corrected chi connectivity index (χ1v) is 9.67. The van der Waals surface area contributed by atoms with Gasteiger partial charge in [0.1, 0.15) is 5.82 Å². The monoisotopic (exact) mass is 390 g/mol. The lowest BCUT2D eigenvalue weighted by atomic mass is 10.1. The highest BCUT2D eigenvalue weighted by molar-refractivity contribution is 6.31. The van der Waals surface area contributed by atoms with Crippen molar-refractivity contribution < 1.29 is 13.9 Å². The number of carbonyl (C=O) groups is 1. The second-order valence-corrected chi connectivity index (χ2v) is 7.76. The van der Waals surface area contributed by atoms with Crippen molar-refractivity contribution in [3.05, 3.63) is 40.3 Å². The molecular weight excluding hydrogens is 371 g/mol. The van der Waals surface area contributed by atoms with Crippen LogP contribution < -0.4 is 0 Å². The van der Waals surface area contributed by atoms with Gasteiger partial charge < -0.3 is 14.5 Å². The molecular formula is C19H20ClFN4O2. The fraction of sp³-hybridized carbons (Fsp3) is 0.474. The van der Waals surface area contributed by atoms with E-state index >= 15 is 0 Å². The van der Waals surface area contributed by atoms with Crippen molar-refractivity contribution in [1.29, 1.82) is 0 Å². The second kappa shape index (κ2) is 6.58. The van der Waals surface area contributed by atoms with E-state index in [4.69, 9.17) is 16.3 Å². The molecule has 0 aliphatic carbocycles. The lowest BCUT2D eigenvalue weighted by Gasteiger charge is -2.31. The molecule has 1 aromatic carbocycles. The highest BCUT2D eigenvalue weighted by atomic mass is 35.5. The van der Waals surface area contributed by atoms with Gasteiger partial charge in [-0.25, -0.2) is 9.18 Å². The predicted molar refractivity (Wildman–Crippen MR) is 98.1 cm³/mol. The zero-order valence-corrected chi connectivity index (χ0v) is 15.6. The third kappa shape index (κ3) is 2.85. The predicted octanol–water partition coefficient (Wildman–Crippen LogP) is 3.12. The van der Waals surface area contributed by atoms with Gasteiger partial charge in [0.25, 0.3) is 0 Å². The minimum atomic E-state index is -0.473. The zero-order chi connectivity index (χ0) is 18.5. The van der Waals surface area contributed by atoms with Gasteiger partial charge in [0.05, 0.1) is 29.6 Å². The number of benzene rings is 1. The molecule has 142 valence electrons. The third-order valence-electron chi connectivity index (χ3n) is 5.85. The average molecular weight is 391 g/mol. The minimum Gasteiger partial charge on any atom is -0.370 e. The normalized spacial score (nSPS) is 24.1. The first-order valence-electron chi connectivity index (χ1n) is 9.29. The van der Waals surface area contributed by atoms with Crippen LogP contribution in [0.25, 0.3) is 11.3 Å². The first-order chi connectivity index (χ1) is 13.1. The molecule has 0 unspecified atom stereocenters. The van der Waals surface area contributed by atoms with Crippen molar-refractivity contribution in [3.8, 4) is 11.3 Å². The molecule has 2 aromatic rings. The molecule has 6 nitrogen and oxygen atoms in total. The Kier molecular flexibility index (Phi) is 4.18. The Morgan fingerprint density at radius 1 is 1.19 bits per heavy atom. The maximum atomic E-state index is 13.5. The molecule has 0 saturated carbocycles. The summed E-state index contributed by atoms with van der Waals surface area (Å²) in [5.41, 5.74) is 3.00. The summed E-state index contributed by atoms with van der Waals surface area (Å²) in [5, 5.41) is 4.65. The summed E-state index contributed by atoms with van der Waals surface area (Å²) >= 11 is 5.95. The van der Waals surface area contributed by atoms with E-state index in [9.17, 15) is 9.18 Å². The summed E-state index contributed by atoms with van der Waals surface area (Å²) in [7, 11) is 0. The molecule has 5 heterocycles. The number of aromatic nitrogens is 2. The summed E-state index contributed by atoms with van der Waals surface area (Å²) in [4.78, 5) is 17.7. The van der Waals surface area contributed by atoms with Crippen LogP contribution in [0.1, 0.15) is 24.1 Å². The quantitative estimate of drug-likeness (QED) is 0.750. The van der Waals surface area contributed by atoms with Crippen LogP contribution >= 0.6 is 11.6 Å². The van der Waals surface area contributed by atoms with Gasteiger partial charge in [0.15, 0.2) is 0 Å². The second-order valence-electron chi connectivity index (χ2n) is 7.36. The van der Waals surface area contributed by atoms with E-state index in [1.807, 2.05) is 4.90 Å². The van der Waals surface area contributed by atoms with E-state index in [2.05, 4.69) is 10.00 Å². The van der Waals surface area contributed by atoms with Crippen LogP contribution in [0.4, 0.5) is 9.18 Å². The van der Waals surface area contributed by atoms with Gasteiger partial charge in [-0.15, -0.1) is 0 Å². The van der Waals surface area contributed by atoms with Crippen LogP contribution in [0.2, 0.25) is 5.02 Å². The van der Waals surface area contributed by atoms with Crippen molar-refractivity contribution in [2.75, 3.05) is 26.2 Å². The van der Waals surface area contributed by atoms with E-state index in [0.717, 1.165) is 50.3 Å². The fourth-order valence-electron chi connectivity index (χ4n) is 4.33. The zero-order valence-electron chi connectivity index (χ0n) is 14.8. The lowest BCUT2D eigenvalue weighted by molar-refractivity contribution is 0.127.